The van der Waals surface area contributed by atoms with Crippen molar-refractivity contribution in [1.82, 2.24) is 4.98 Å². The number of aromatic nitrogens is 1. The first-order chi connectivity index (χ1) is 14.2. The Bertz CT molecular complexity index is 846. The molecule has 3 heterocycles. The lowest BCUT2D eigenvalue weighted by Crippen LogP contribution is -2.48. The quantitative estimate of drug-likeness (QED) is 0.686. The molecule has 0 bridgehead atoms. The van der Waals surface area contributed by atoms with E-state index in [1.54, 1.807) is 11.6 Å². The van der Waals surface area contributed by atoms with Gasteiger partial charge >= 0.3 is 0 Å². The molecule has 1 aliphatic carbocycles. The summed E-state index contributed by atoms with van der Waals surface area (Å²) in [7, 11) is 0. The van der Waals surface area contributed by atoms with Gasteiger partial charge in [-0.3, -0.25) is 4.98 Å². The predicted octanol–water partition coefficient (Wildman–Crippen LogP) is 5.33. The number of rotatable bonds is 5. The fourth-order valence-electron chi connectivity index (χ4n) is 5.94. The van der Waals surface area contributed by atoms with Crippen molar-refractivity contribution in [2.45, 2.75) is 68.3 Å². The molecule has 0 radical (unpaired) electrons. The lowest BCUT2D eigenvalue weighted by molar-refractivity contribution is -0.109. The lowest BCUT2D eigenvalue weighted by atomic mass is 9.67. The number of benzene rings is 1. The number of hydrogen-bond acceptors (Lipinski definition) is 3. The van der Waals surface area contributed by atoms with E-state index in [9.17, 15) is 4.39 Å². The van der Waals surface area contributed by atoms with Gasteiger partial charge in [0, 0.05) is 30.7 Å². The van der Waals surface area contributed by atoms with E-state index in [1.165, 1.54) is 31.0 Å². The standard InChI is InChI=1S/C25H30FNO2/c26-21-9-10-23(27-16-21)24(12-15-29-25(17-24)13-14-28-18-25)11-3-5-20-8-7-19-4-1-2-6-22(19)20/h1-2,4,6,9-10,16,20H,3,5,7-8,11-15,17-18H2/t20?,24-,25-/m1/s1. The maximum atomic E-state index is 13.6. The zero-order valence-electron chi connectivity index (χ0n) is 17.0. The Morgan fingerprint density at radius 1 is 1.10 bits per heavy atom. The van der Waals surface area contributed by atoms with E-state index in [-0.39, 0.29) is 16.8 Å². The number of hydrogen-bond donors (Lipinski definition) is 0. The van der Waals surface area contributed by atoms with Crippen LogP contribution in [0.5, 0.6) is 0 Å². The molecule has 29 heavy (non-hydrogen) atoms. The third-order valence-electron chi connectivity index (χ3n) is 7.45. The Balaban J connectivity index is 1.34. The molecule has 1 aromatic heterocycles. The molecule has 3 nitrogen and oxygen atoms in total. The maximum absolute atomic E-state index is 13.6. The lowest BCUT2D eigenvalue weighted by Gasteiger charge is -2.45. The molecule has 3 atom stereocenters. The second-order valence-electron chi connectivity index (χ2n) is 9.23. The van der Waals surface area contributed by atoms with Gasteiger partial charge in [-0.25, -0.2) is 4.39 Å². The van der Waals surface area contributed by atoms with Gasteiger partial charge in [0.05, 0.1) is 18.4 Å². The van der Waals surface area contributed by atoms with Crippen LogP contribution in [0.2, 0.25) is 0 Å². The third kappa shape index (κ3) is 3.73. The highest BCUT2D eigenvalue weighted by atomic mass is 19.1. The minimum atomic E-state index is -0.266. The minimum absolute atomic E-state index is 0.0439. The van der Waals surface area contributed by atoms with Gasteiger partial charge < -0.3 is 9.47 Å². The zero-order chi connectivity index (χ0) is 19.7. The molecule has 0 N–H and O–H groups in total. The number of halogens is 1. The van der Waals surface area contributed by atoms with Gasteiger partial charge in [-0.2, -0.15) is 0 Å². The largest absolute Gasteiger partial charge is 0.378 e. The van der Waals surface area contributed by atoms with Crippen molar-refractivity contribution in [1.29, 1.82) is 0 Å². The Morgan fingerprint density at radius 3 is 2.86 bits per heavy atom. The molecule has 1 unspecified atom stereocenters. The summed E-state index contributed by atoms with van der Waals surface area (Å²) in [5.41, 5.74) is 3.88. The molecule has 1 aromatic carbocycles. The first kappa shape index (κ1) is 19.2. The molecule has 4 heteroatoms. The van der Waals surface area contributed by atoms with E-state index in [2.05, 4.69) is 29.2 Å². The van der Waals surface area contributed by atoms with Crippen LogP contribution in [-0.4, -0.2) is 30.4 Å². The fourth-order valence-corrected chi connectivity index (χ4v) is 5.94. The Morgan fingerprint density at radius 2 is 2.03 bits per heavy atom. The molecule has 3 aliphatic rings. The van der Waals surface area contributed by atoms with Gasteiger partial charge in [0.15, 0.2) is 0 Å². The van der Waals surface area contributed by atoms with Crippen molar-refractivity contribution in [3.05, 3.63) is 65.2 Å². The molecular weight excluding hydrogens is 365 g/mol. The highest BCUT2D eigenvalue weighted by molar-refractivity contribution is 5.34. The monoisotopic (exact) mass is 395 g/mol. The molecule has 0 saturated carbocycles. The number of nitrogens with zero attached hydrogens (tertiary/aromatic N) is 1. The topological polar surface area (TPSA) is 31.4 Å². The summed E-state index contributed by atoms with van der Waals surface area (Å²) in [6.45, 7) is 2.17. The minimum Gasteiger partial charge on any atom is -0.378 e. The number of ether oxygens (including phenoxy) is 2. The average molecular weight is 396 g/mol. The van der Waals surface area contributed by atoms with E-state index < -0.39 is 0 Å². The smallest absolute Gasteiger partial charge is 0.141 e. The number of pyridine rings is 1. The van der Waals surface area contributed by atoms with Gasteiger partial charge in [-0.15, -0.1) is 0 Å². The normalized spacial score (nSPS) is 31.3. The SMILES string of the molecule is Fc1ccc([C@]2(CCCC3CCc4ccccc43)CCO[C@]3(CCOC3)C2)nc1. The van der Waals surface area contributed by atoms with E-state index in [0.29, 0.717) is 12.5 Å². The van der Waals surface area contributed by atoms with Gasteiger partial charge in [-0.1, -0.05) is 30.7 Å². The van der Waals surface area contributed by atoms with E-state index in [4.69, 9.17) is 9.47 Å². The zero-order valence-corrected chi connectivity index (χ0v) is 17.0. The Kier molecular flexibility index (Phi) is 5.17. The summed E-state index contributed by atoms with van der Waals surface area (Å²) < 4.78 is 25.5. The second-order valence-corrected chi connectivity index (χ2v) is 9.23. The molecule has 2 fully saturated rings. The van der Waals surface area contributed by atoms with Crippen molar-refractivity contribution < 1.29 is 13.9 Å². The summed E-state index contributed by atoms with van der Waals surface area (Å²) in [4.78, 5) is 4.54. The molecular formula is C25H30FNO2. The molecule has 2 aliphatic heterocycles. The number of fused-ring (bicyclic) bond motifs is 1. The van der Waals surface area contributed by atoms with Crippen LogP contribution in [0.1, 0.15) is 67.7 Å². The Labute approximate surface area is 172 Å². The van der Waals surface area contributed by atoms with Crippen LogP contribution in [-0.2, 0) is 21.3 Å². The first-order valence-electron chi connectivity index (χ1n) is 11.1. The highest BCUT2D eigenvalue weighted by Gasteiger charge is 2.49. The average Bonchev–Trinajstić information content (AvgIpc) is 3.36. The van der Waals surface area contributed by atoms with Gasteiger partial charge in [0.1, 0.15) is 5.82 Å². The molecule has 2 saturated heterocycles. The molecule has 0 amide bonds. The van der Waals surface area contributed by atoms with E-state index in [0.717, 1.165) is 51.0 Å². The predicted molar refractivity (Wildman–Crippen MR) is 111 cm³/mol. The second kappa shape index (κ2) is 7.81. The summed E-state index contributed by atoms with van der Waals surface area (Å²) in [5.74, 6) is 0.408. The van der Waals surface area contributed by atoms with E-state index in [1.807, 2.05) is 6.07 Å². The molecule has 154 valence electrons. The van der Waals surface area contributed by atoms with Crippen LogP contribution >= 0.6 is 0 Å². The van der Waals surface area contributed by atoms with Crippen LogP contribution in [0, 0.1) is 5.82 Å². The van der Waals surface area contributed by atoms with Gasteiger partial charge in [0.2, 0.25) is 0 Å². The van der Waals surface area contributed by atoms with Crippen molar-refractivity contribution in [3.63, 3.8) is 0 Å². The molecule has 5 rings (SSSR count). The van der Waals surface area contributed by atoms with Crippen LogP contribution in [0.25, 0.3) is 0 Å². The van der Waals surface area contributed by atoms with Crippen molar-refractivity contribution >= 4 is 0 Å². The van der Waals surface area contributed by atoms with Crippen LogP contribution in [0.4, 0.5) is 4.39 Å². The summed E-state index contributed by atoms with van der Waals surface area (Å²) >= 11 is 0. The van der Waals surface area contributed by atoms with Crippen LogP contribution in [0.3, 0.4) is 0 Å². The first-order valence-corrected chi connectivity index (χ1v) is 11.1. The summed E-state index contributed by atoms with van der Waals surface area (Å²) in [6, 6.07) is 12.4. The Hall–Kier alpha value is -1.78. The van der Waals surface area contributed by atoms with Crippen LogP contribution < -0.4 is 0 Å². The van der Waals surface area contributed by atoms with Gasteiger partial charge in [0.25, 0.3) is 0 Å². The molecule has 1 spiro atoms. The van der Waals surface area contributed by atoms with E-state index >= 15 is 0 Å². The van der Waals surface area contributed by atoms with Crippen molar-refractivity contribution in [3.8, 4) is 0 Å². The highest BCUT2D eigenvalue weighted by Crippen LogP contribution is 2.48. The van der Waals surface area contributed by atoms with Crippen LogP contribution in [0.15, 0.2) is 42.6 Å². The van der Waals surface area contributed by atoms with Crippen molar-refractivity contribution in [2.24, 2.45) is 0 Å². The fraction of sp³-hybridized carbons (Fsp3) is 0.560. The third-order valence-corrected chi connectivity index (χ3v) is 7.45. The van der Waals surface area contributed by atoms with Gasteiger partial charge in [-0.05, 0) is 67.7 Å². The summed E-state index contributed by atoms with van der Waals surface area (Å²) in [5, 5.41) is 0. The maximum Gasteiger partial charge on any atom is 0.141 e. The molecule has 2 aromatic rings. The number of aryl methyl sites for hydroxylation is 1. The van der Waals surface area contributed by atoms with Crippen molar-refractivity contribution in [2.75, 3.05) is 19.8 Å². The summed E-state index contributed by atoms with van der Waals surface area (Å²) in [6.07, 6.45) is 10.1.